The van der Waals surface area contributed by atoms with Gasteiger partial charge in [-0.25, -0.2) is 4.79 Å². The fourth-order valence-corrected chi connectivity index (χ4v) is 1.47. The molecule has 70 valence electrons. The molecule has 1 aromatic rings. The van der Waals surface area contributed by atoms with Crippen molar-refractivity contribution in [2.75, 3.05) is 6.61 Å². The van der Waals surface area contributed by atoms with Crippen LogP contribution in [0, 0.1) is 0 Å². The molecule has 4 heteroatoms. The zero-order valence-corrected chi connectivity index (χ0v) is 8.00. The Bertz CT molecular complexity index is 301. The van der Waals surface area contributed by atoms with Crippen molar-refractivity contribution in [3.05, 3.63) is 28.1 Å². The topological polar surface area (TPSA) is 46.5 Å². The molecule has 0 saturated heterocycles. The quantitative estimate of drug-likeness (QED) is 0.596. The fourth-order valence-electron chi connectivity index (χ4n) is 0.823. The molecule has 0 spiro atoms. The Morgan fingerprint density at radius 3 is 3.00 bits per heavy atom. The smallest absolute Gasteiger partial charge is 0.371 e. The maximum Gasteiger partial charge on any atom is 0.371 e. The summed E-state index contributed by atoms with van der Waals surface area (Å²) in [4.78, 5) is 11.5. The second kappa shape index (κ2) is 4.67. The molecular weight excluding hydrogens is 188 g/mol. The summed E-state index contributed by atoms with van der Waals surface area (Å²) in [6, 6.07) is 3.70. The number of carbonyl (C=O) groups is 1. The summed E-state index contributed by atoms with van der Waals surface area (Å²) in [6.07, 6.45) is 1.52. The Balaban J connectivity index is 2.80. The van der Waals surface area contributed by atoms with E-state index in [-0.39, 0.29) is 5.76 Å². The SMILES string of the molecule is CCO/C(=C/c1cccs1)C(=O)O. The molecule has 0 aliphatic heterocycles. The van der Waals surface area contributed by atoms with Crippen molar-refractivity contribution in [2.24, 2.45) is 0 Å². The number of carboxylic acids is 1. The molecule has 0 aliphatic rings. The fraction of sp³-hybridized carbons (Fsp3) is 0.222. The summed E-state index contributed by atoms with van der Waals surface area (Å²) < 4.78 is 4.94. The normalized spacial score (nSPS) is 11.3. The van der Waals surface area contributed by atoms with Gasteiger partial charge in [0.1, 0.15) is 0 Å². The molecule has 1 heterocycles. The Kier molecular flexibility index (Phi) is 3.52. The highest BCUT2D eigenvalue weighted by atomic mass is 32.1. The minimum atomic E-state index is -1.03. The highest BCUT2D eigenvalue weighted by molar-refractivity contribution is 7.10. The second-order valence-electron chi connectivity index (χ2n) is 2.26. The van der Waals surface area contributed by atoms with Crippen molar-refractivity contribution in [1.82, 2.24) is 0 Å². The van der Waals surface area contributed by atoms with Crippen LogP contribution in [0.1, 0.15) is 11.8 Å². The van der Waals surface area contributed by atoms with Gasteiger partial charge in [0.15, 0.2) is 0 Å². The molecule has 1 aromatic heterocycles. The minimum Gasteiger partial charge on any atom is -0.487 e. The van der Waals surface area contributed by atoms with Crippen LogP contribution < -0.4 is 0 Å². The van der Waals surface area contributed by atoms with Crippen LogP contribution in [-0.2, 0) is 9.53 Å². The minimum absolute atomic E-state index is 0.00931. The molecule has 0 aromatic carbocycles. The van der Waals surface area contributed by atoms with Gasteiger partial charge in [-0.15, -0.1) is 11.3 Å². The third-order valence-corrected chi connectivity index (χ3v) is 2.15. The average Bonchev–Trinajstić information content (AvgIpc) is 2.56. The zero-order valence-electron chi connectivity index (χ0n) is 7.19. The van der Waals surface area contributed by atoms with Crippen LogP contribution in [0.4, 0.5) is 0 Å². The first-order chi connectivity index (χ1) is 6.24. The van der Waals surface area contributed by atoms with Crippen molar-refractivity contribution >= 4 is 23.4 Å². The average molecular weight is 198 g/mol. The molecule has 0 atom stereocenters. The number of rotatable bonds is 4. The molecule has 0 amide bonds. The van der Waals surface area contributed by atoms with Gasteiger partial charge in [0, 0.05) is 11.0 Å². The predicted octanol–water partition coefficient (Wildman–Crippen LogP) is 2.21. The lowest BCUT2D eigenvalue weighted by Gasteiger charge is -2.01. The van der Waals surface area contributed by atoms with Crippen LogP contribution in [0.3, 0.4) is 0 Å². The van der Waals surface area contributed by atoms with E-state index in [4.69, 9.17) is 9.84 Å². The van der Waals surface area contributed by atoms with Gasteiger partial charge in [0.25, 0.3) is 0 Å². The van der Waals surface area contributed by atoms with Crippen LogP contribution >= 0.6 is 11.3 Å². The van der Waals surface area contributed by atoms with Crippen LogP contribution in [0.25, 0.3) is 6.08 Å². The van der Waals surface area contributed by atoms with Crippen molar-refractivity contribution in [3.8, 4) is 0 Å². The molecule has 0 unspecified atom stereocenters. The first-order valence-corrected chi connectivity index (χ1v) is 4.73. The third-order valence-electron chi connectivity index (χ3n) is 1.33. The van der Waals surface area contributed by atoms with E-state index >= 15 is 0 Å². The number of hydrogen-bond donors (Lipinski definition) is 1. The largest absolute Gasteiger partial charge is 0.487 e. The molecule has 0 aliphatic carbocycles. The van der Waals surface area contributed by atoms with Gasteiger partial charge in [-0.05, 0) is 18.4 Å². The highest BCUT2D eigenvalue weighted by Gasteiger charge is 2.07. The first-order valence-electron chi connectivity index (χ1n) is 3.85. The van der Waals surface area contributed by atoms with Gasteiger partial charge in [-0.1, -0.05) is 6.07 Å². The van der Waals surface area contributed by atoms with Gasteiger partial charge < -0.3 is 9.84 Å². The van der Waals surface area contributed by atoms with Crippen molar-refractivity contribution < 1.29 is 14.6 Å². The molecule has 0 radical (unpaired) electrons. The lowest BCUT2D eigenvalue weighted by molar-refractivity contribution is -0.136. The standard InChI is InChI=1S/C9H10O3S/c1-2-12-8(9(10)11)6-7-4-3-5-13-7/h3-6H,2H2,1H3,(H,10,11)/b8-6+. The van der Waals surface area contributed by atoms with Gasteiger partial charge in [0.2, 0.25) is 5.76 Å². The summed E-state index contributed by atoms with van der Waals surface area (Å²) in [5.41, 5.74) is 0. The Morgan fingerprint density at radius 2 is 2.54 bits per heavy atom. The number of thiophene rings is 1. The second-order valence-corrected chi connectivity index (χ2v) is 3.24. The number of hydrogen-bond acceptors (Lipinski definition) is 3. The zero-order chi connectivity index (χ0) is 9.68. The van der Waals surface area contributed by atoms with Crippen molar-refractivity contribution in [2.45, 2.75) is 6.92 Å². The lowest BCUT2D eigenvalue weighted by Crippen LogP contribution is -2.04. The van der Waals surface area contributed by atoms with E-state index in [0.29, 0.717) is 6.61 Å². The van der Waals surface area contributed by atoms with Crippen LogP contribution in [0.5, 0.6) is 0 Å². The Morgan fingerprint density at radius 1 is 1.77 bits per heavy atom. The van der Waals surface area contributed by atoms with Gasteiger partial charge in [-0.2, -0.15) is 0 Å². The van der Waals surface area contributed by atoms with Gasteiger partial charge in [0.05, 0.1) is 6.61 Å². The van der Waals surface area contributed by atoms with Gasteiger partial charge >= 0.3 is 5.97 Å². The molecule has 13 heavy (non-hydrogen) atoms. The summed E-state index contributed by atoms with van der Waals surface area (Å²) >= 11 is 1.47. The van der Waals surface area contributed by atoms with Crippen LogP contribution in [0.15, 0.2) is 23.3 Å². The number of ether oxygens (including phenoxy) is 1. The summed E-state index contributed by atoms with van der Waals surface area (Å²) in [5, 5.41) is 10.6. The molecular formula is C9H10O3S. The van der Waals surface area contributed by atoms with Crippen molar-refractivity contribution in [3.63, 3.8) is 0 Å². The van der Waals surface area contributed by atoms with Crippen LogP contribution in [0.2, 0.25) is 0 Å². The maximum absolute atomic E-state index is 10.6. The van der Waals surface area contributed by atoms with E-state index in [2.05, 4.69) is 0 Å². The maximum atomic E-state index is 10.6. The van der Waals surface area contributed by atoms with E-state index in [9.17, 15) is 4.79 Å². The Labute approximate surface area is 80.3 Å². The molecule has 0 bridgehead atoms. The third kappa shape index (κ3) is 2.91. The lowest BCUT2D eigenvalue weighted by atomic mass is 10.4. The summed E-state index contributed by atoms with van der Waals surface area (Å²) in [6.45, 7) is 2.12. The van der Waals surface area contributed by atoms with E-state index in [0.717, 1.165) is 4.88 Å². The van der Waals surface area contributed by atoms with E-state index < -0.39 is 5.97 Å². The molecule has 1 rings (SSSR count). The van der Waals surface area contributed by atoms with E-state index in [1.54, 1.807) is 6.92 Å². The molecule has 3 nitrogen and oxygen atoms in total. The number of carboxylic acid groups (broad SMARTS) is 1. The van der Waals surface area contributed by atoms with E-state index in [1.807, 2.05) is 17.5 Å². The molecule has 1 N–H and O–H groups in total. The number of aliphatic carboxylic acids is 1. The molecule has 0 saturated carbocycles. The van der Waals surface area contributed by atoms with Gasteiger partial charge in [-0.3, -0.25) is 0 Å². The van der Waals surface area contributed by atoms with Crippen molar-refractivity contribution in [1.29, 1.82) is 0 Å². The predicted molar refractivity (Wildman–Crippen MR) is 51.6 cm³/mol. The monoisotopic (exact) mass is 198 g/mol. The highest BCUT2D eigenvalue weighted by Crippen LogP contribution is 2.14. The summed E-state index contributed by atoms with van der Waals surface area (Å²) in [5.74, 6) is -1.04. The van der Waals surface area contributed by atoms with E-state index in [1.165, 1.54) is 17.4 Å². The first kappa shape index (κ1) is 9.80. The summed E-state index contributed by atoms with van der Waals surface area (Å²) in [7, 11) is 0. The molecule has 0 fully saturated rings. The van der Waals surface area contributed by atoms with Crippen LogP contribution in [-0.4, -0.2) is 17.7 Å². The Hall–Kier alpha value is -1.29.